The van der Waals surface area contributed by atoms with E-state index in [0.29, 0.717) is 30.4 Å². The molecular formula is C11H15N3O3. The predicted octanol–water partition coefficient (Wildman–Crippen LogP) is 0.796. The maximum Gasteiger partial charge on any atom is 0.227 e. The van der Waals surface area contributed by atoms with Gasteiger partial charge in [-0.2, -0.15) is 4.98 Å². The summed E-state index contributed by atoms with van der Waals surface area (Å²) in [7, 11) is 0. The lowest BCUT2D eigenvalue weighted by Gasteiger charge is -1.99. The van der Waals surface area contributed by atoms with Crippen molar-refractivity contribution < 1.29 is 14.0 Å². The number of aliphatic hydroxyl groups is 1. The van der Waals surface area contributed by atoms with Crippen LogP contribution >= 0.6 is 0 Å². The van der Waals surface area contributed by atoms with Crippen molar-refractivity contribution in [1.82, 2.24) is 15.5 Å². The molecule has 0 saturated heterocycles. The van der Waals surface area contributed by atoms with Gasteiger partial charge in [-0.25, -0.2) is 0 Å². The topological polar surface area (TPSA) is 84.3 Å². The fourth-order valence-electron chi connectivity index (χ4n) is 1.45. The molecule has 0 aliphatic carbocycles. The Balaban J connectivity index is 1.69. The van der Waals surface area contributed by atoms with Gasteiger partial charge in [0, 0.05) is 13.0 Å². The van der Waals surface area contributed by atoms with E-state index in [9.17, 15) is 0 Å². The first-order valence-corrected chi connectivity index (χ1v) is 5.46. The fourth-order valence-corrected chi connectivity index (χ4v) is 1.45. The van der Waals surface area contributed by atoms with E-state index in [1.165, 1.54) is 0 Å². The highest BCUT2D eigenvalue weighted by Crippen LogP contribution is 2.07. The van der Waals surface area contributed by atoms with Crippen LogP contribution in [-0.2, 0) is 19.6 Å². The molecule has 0 aliphatic rings. The summed E-state index contributed by atoms with van der Waals surface area (Å²) in [5.74, 6) is 2.66. The van der Waals surface area contributed by atoms with E-state index in [1.807, 2.05) is 6.07 Å². The second kappa shape index (κ2) is 5.60. The molecule has 0 bridgehead atoms. The van der Waals surface area contributed by atoms with Crippen LogP contribution in [0, 0.1) is 6.92 Å². The van der Waals surface area contributed by atoms with Crippen LogP contribution in [0.1, 0.15) is 23.2 Å². The molecule has 0 aliphatic heterocycles. The Morgan fingerprint density at radius 1 is 1.35 bits per heavy atom. The highest BCUT2D eigenvalue weighted by molar-refractivity contribution is 5.06. The summed E-state index contributed by atoms with van der Waals surface area (Å²) in [6.07, 6.45) is 0.689. The first-order chi connectivity index (χ1) is 8.28. The van der Waals surface area contributed by atoms with Crippen LogP contribution in [0.3, 0.4) is 0 Å². The predicted molar refractivity (Wildman–Crippen MR) is 59.1 cm³/mol. The van der Waals surface area contributed by atoms with Crippen LogP contribution in [-0.4, -0.2) is 21.8 Å². The van der Waals surface area contributed by atoms with E-state index in [-0.39, 0.29) is 6.61 Å². The maximum absolute atomic E-state index is 8.83. The van der Waals surface area contributed by atoms with E-state index < -0.39 is 0 Å². The van der Waals surface area contributed by atoms with Crippen molar-refractivity contribution >= 4 is 0 Å². The van der Waals surface area contributed by atoms with Crippen molar-refractivity contribution in [2.75, 3.05) is 6.54 Å². The van der Waals surface area contributed by atoms with Crippen LogP contribution in [0.4, 0.5) is 0 Å². The number of hydrogen-bond donors (Lipinski definition) is 2. The maximum atomic E-state index is 8.83. The average molecular weight is 237 g/mol. The minimum atomic E-state index is -0.0682. The largest absolute Gasteiger partial charge is 0.462 e. The summed E-state index contributed by atoms with van der Waals surface area (Å²) in [5.41, 5.74) is 0. The van der Waals surface area contributed by atoms with Gasteiger partial charge in [0.2, 0.25) is 5.89 Å². The van der Waals surface area contributed by atoms with E-state index in [2.05, 4.69) is 15.5 Å². The van der Waals surface area contributed by atoms with Crippen molar-refractivity contribution in [3.63, 3.8) is 0 Å². The molecule has 0 fully saturated rings. The van der Waals surface area contributed by atoms with E-state index in [4.69, 9.17) is 14.0 Å². The van der Waals surface area contributed by atoms with E-state index in [0.717, 1.165) is 12.3 Å². The average Bonchev–Trinajstić information content (AvgIpc) is 2.93. The number of rotatable bonds is 6. The number of nitrogens with one attached hydrogen (secondary N) is 1. The highest BCUT2D eigenvalue weighted by Gasteiger charge is 2.03. The number of aromatic nitrogens is 2. The summed E-state index contributed by atoms with van der Waals surface area (Å²) < 4.78 is 10.3. The third-order valence-electron chi connectivity index (χ3n) is 2.26. The van der Waals surface area contributed by atoms with Gasteiger partial charge in [-0.3, -0.25) is 0 Å². The number of aryl methyl sites for hydroxylation is 1. The highest BCUT2D eigenvalue weighted by atomic mass is 16.5. The smallest absolute Gasteiger partial charge is 0.227 e. The zero-order chi connectivity index (χ0) is 12.1. The van der Waals surface area contributed by atoms with Gasteiger partial charge in [0.15, 0.2) is 5.82 Å². The number of furan rings is 1. The van der Waals surface area contributed by atoms with E-state index >= 15 is 0 Å². The Morgan fingerprint density at radius 3 is 2.82 bits per heavy atom. The van der Waals surface area contributed by atoms with Gasteiger partial charge in [0.05, 0.1) is 6.54 Å². The zero-order valence-electron chi connectivity index (χ0n) is 9.64. The SMILES string of the molecule is Cc1noc(CCNCc2ccc(CO)o2)n1. The van der Waals surface area contributed by atoms with Crippen molar-refractivity contribution in [3.05, 3.63) is 35.4 Å². The molecule has 17 heavy (non-hydrogen) atoms. The van der Waals surface area contributed by atoms with Crippen molar-refractivity contribution in [2.45, 2.75) is 26.5 Å². The minimum Gasteiger partial charge on any atom is -0.462 e. The molecule has 92 valence electrons. The number of nitrogens with zero attached hydrogens (tertiary/aromatic N) is 2. The van der Waals surface area contributed by atoms with Crippen LogP contribution in [0.2, 0.25) is 0 Å². The van der Waals surface area contributed by atoms with Gasteiger partial charge in [0.25, 0.3) is 0 Å². The lowest BCUT2D eigenvalue weighted by molar-refractivity contribution is 0.242. The first kappa shape index (κ1) is 11.8. The molecule has 2 heterocycles. The summed E-state index contributed by atoms with van der Waals surface area (Å²) >= 11 is 0. The van der Waals surface area contributed by atoms with Crippen molar-refractivity contribution in [2.24, 2.45) is 0 Å². The quantitative estimate of drug-likeness (QED) is 0.723. The molecule has 2 rings (SSSR count). The van der Waals surface area contributed by atoms with Crippen LogP contribution in [0.15, 0.2) is 21.1 Å². The minimum absolute atomic E-state index is 0.0682. The number of hydrogen-bond acceptors (Lipinski definition) is 6. The first-order valence-electron chi connectivity index (χ1n) is 5.46. The summed E-state index contributed by atoms with van der Waals surface area (Å²) in [6.45, 7) is 3.07. The molecule has 0 amide bonds. The molecule has 2 aromatic rings. The molecule has 2 N–H and O–H groups in total. The van der Waals surface area contributed by atoms with Gasteiger partial charge in [-0.15, -0.1) is 0 Å². The van der Waals surface area contributed by atoms with Gasteiger partial charge < -0.3 is 19.4 Å². The Morgan fingerprint density at radius 2 is 2.18 bits per heavy atom. The molecular weight excluding hydrogens is 222 g/mol. The van der Waals surface area contributed by atoms with Crippen molar-refractivity contribution in [3.8, 4) is 0 Å². The lowest BCUT2D eigenvalue weighted by Crippen LogP contribution is -2.16. The van der Waals surface area contributed by atoms with Gasteiger partial charge in [-0.1, -0.05) is 5.16 Å². The van der Waals surface area contributed by atoms with Crippen LogP contribution in [0.5, 0.6) is 0 Å². The molecule has 0 saturated carbocycles. The Labute approximate surface area is 98.6 Å². The summed E-state index contributed by atoms with van der Waals surface area (Å²) in [5, 5.41) is 15.7. The Kier molecular flexibility index (Phi) is 3.89. The third-order valence-corrected chi connectivity index (χ3v) is 2.26. The standard InChI is InChI=1S/C11H15N3O3/c1-8-13-11(17-14-8)4-5-12-6-9-2-3-10(7-15)16-9/h2-3,12,15H,4-7H2,1H3. The molecule has 0 radical (unpaired) electrons. The monoisotopic (exact) mass is 237 g/mol. The lowest BCUT2D eigenvalue weighted by atomic mass is 10.4. The molecule has 6 nitrogen and oxygen atoms in total. The second-order valence-electron chi connectivity index (χ2n) is 3.69. The van der Waals surface area contributed by atoms with Crippen LogP contribution < -0.4 is 5.32 Å². The molecule has 2 aromatic heterocycles. The fraction of sp³-hybridized carbons (Fsp3) is 0.455. The van der Waals surface area contributed by atoms with Gasteiger partial charge >= 0.3 is 0 Å². The second-order valence-corrected chi connectivity index (χ2v) is 3.69. The molecule has 0 atom stereocenters. The third kappa shape index (κ3) is 3.40. The van der Waals surface area contributed by atoms with Crippen LogP contribution in [0.25, 0.3) is 0 Å². The summed E-state index contributed by atoms with van der Waals surface area (Å²) in [4.78, 5) is 4.10. The molecule has 0 spiro atoms. The van der Waals surface area contributed by atoms with E-state index in [1.54, 1.807) is 13.0 Å². The Hall–Kier alpha value is -1.66. The van der Waals surface area contributed by atoms with Crippen molar-refractivity contribution in [1.29, 1.82) is 0 Å². The Bertz CT molecular complexity index is 464. The molecule has 0 unspecified atom stereocenters. The molecule has 6 heteroatoms. The normalized spacial score (nSPS) is 10.9. The van der Waals surface area contributed by atoms with Gasteiger partial charge in [0.1, 0.15) is 18.1 Å². The number of aliphatic hydroxyl groups excluding tert-OH is 1. The zero-order valence-corrected chi connectivity index (χ0v) is 9.64. The molecule has 0 aromatic carbocycles. The summed E-state index contributed by atoms with van der Waals surface area (Å²) in [6, 6.07) is 3.60. The van der Waals surface area contributed by atoms with Gasteiger partial charge in [-0.05, 0) is 19.1 Å².